The first-order valence-corrected chi connectivity index (χ1v) is 7.12. The highest BCUT2D eigenvalue weighted by molar-refractivity contribution is 7.21. The summed E-state index contributed by atoms with van der Waals surface area (Å²) < 4.78 is 1.03. The highest BCUT2D eigenvalue weighted by atomic mass is 32.1. The van der Waals surface area contributed by atoms with E-state index in [0.717, 1.165) is 26.4 Å². The summed E-state index contributed by atoms with van der Waals surface area (Å²) in [6, 6.07) is 13.8. The SMILES string of the molecule is Cc1ccccc1-c1nc2ccc(CC(=O)O)cc2s1. The van der Waals surface area contributed by atoms with Crippen molar-refractivity contribution >= 4 is 27.5 Å². The number of carboxylic acid groups (broad SMARTS) is 1. The first-order chi connectivity index (χ1) is 9.63. The number of aromatic nitrogens is 1. The average molecular weight is 283 g/mol. The van der Waals surface area contributed by atoms with Crippen molar-refractivity contribution in [2.45, 2.75) is 13.3 Å². The van der Waals surface area contributed by atoms with Crippen LogP contribution in [-0.4, -0.2) is 16.1 Å². The molecule has 3 nitrogen and oxygen atoms in total. The van der Waals surface area contributed by atoms with Crippen molar-refractivity contribution in [3.8, 4) is 10.6 Å². The van der Waals surface area contributed by atoms with Crippen LogP contribution in [0.1, 0.15) is 11.1 Å². The Morgan fingerprint density at radius 1 is 1.25 bits per heavy atom. The molecule has 1 aromatic heterocycles. The Morgan fingerprint density at radius 3 is 2.80 bits per heavy atom. The summed E-state index contributed by atoms with van der Waals surface area (Å²) in [7, 11) is 0. The van der Waals surface area contributed by atoms with Gasteiger partial charge in [0.15, 0.2) is 0 Å². The van der Waals surface area contributed by atoms with Gasteiger partial charge in [0, 0.05) is 5.56 Å². The molecule has 0 aliphatic rings. The molecule has 0 aliphatic heterocycles. The number of thiazole rings is 1. The molecule has 0 amide bonds. The van der Waals surface area contributed by atoms with Crippen molar-refractivity contribution in [1.82, 2.24) is 4.98 Å². The molecular formula is C16H13NO2S. The van der Waals surface area contributed by atoms with Crippen LogP contribution in [0.5, 0.6) is 0 Å². The van der Waals surface area contributed by atoms with E-state index in [4.69, 9.17) is 5.11 Å². The van der Waals surface area contributed by atoms with Crippen molar-refractivity contribution in [1.29, 1.82) is 0 Å². The first-order valence-electron chi connectivity index (χ1n) is 6.31. The molecule has 1 heterocycles. The summed E-state index contributed by atoms with van der Waals surface area (Å²) in [5, 5.41) is 9.82. The molecule has 1 N–H and O–H groups in total. The third-order valence-corrected chi connectivity index (χ3v) is 4.24. The van der Waals surface area contributed by atoms with Crippen molar-refractivity contribution < 1.29 is 9.90 Å². The summed E-state index contributed by atoms with van der Waals surface area (Å²) in [6.45, 7) is 2.07. The van der Waals surface area contributed by atoms with E-state index in [1.165, 1.54) is 5.56 Å². The Balaban J connectivity index is 2.07. The second-order valence-electron chi connectivity index (χ2n) is 4.71. The minimum absolute atomic E-state index is 0.0491. The van der Waals surface area contributed by atoms with E-state index in [0.29, 0.717) is 0 Å². The van der Waals surface area contributed by atoms with E-state index in [1.54, 1.807) is 11.3 Å². The van der Waals surface area contributed by atoms with Crippen LogP contribution in [0.25, 0.3) is 20.8 Å². The lowest BCUT2D eigenvalue weighted by molar-refractivity contribution is -0.136. The van der Waals surface area contributed by atoms with E-state index in [1.807, 2.05) is 30.3 Å². The first kappa shape index (κ1) is 12.8. The predicted octanol–water partition coefficient (Wildman–Crippen LogP) is 3.90. The van der Waals surface area contributed by atoms with Gasteiger partial charge in [-0.3, -0.25) is 4.79 Å². The molecule has 4 heteroatoms. The third kappa shape index (κ3) is 2.42. The van der Waals surface area contributed by atoms with Crippen molar-refractivity contribution in [3.63, 3.8) is 0 Å². The van der Waals surface area contributed by atoms with Crippen molar-refractivity contribution in [2.24, 2.45) is 0 Å². The van der Waals surface area contributed by atoms with E-state index in [9.17, 15) is 4.79 Å². The second kappa shape index (κ2) is 5.06. The summed E-state index contributed by atoms with van der Waals surface area (Å²) in [4.78, 5) is 15.4. The lowest BCUT2D eigenvalue weighted by Crippen LogP contribution is -1.99. The minimum atomic E-state index is -0.812. The van der Waals surface area contributed by atoms with Gasteiger partial charge in [-0.05, 0) is 30.2 Å². The van der Waals surface area contributed by atoms with E-state index >= 15 is 0 Å². The number of benzene rings is 2. The summed E-state index contributed by atoms with van der Waals surface area (Å²) >= 11 is 1.60. The monoisotopic (exact) mass is 283 g/mol. The van der Waals surface area contributed by atoms with Gasteiger partial charge in [-0.15, -0.1) is 11.3 Å². The predicted molar refractivity (Wildman–Crippen MR) is 81.1 cm³/mol. The Morgan fingerprint density at radius 2 is 2.05 bits per heavy atom. The Hall–Kier alpha value is -2.20. The van der Waals surface area contributed by atoms with Gasteiger partial charge in [0.2, 0.25) is 0 Å². The lowest BCUT2D eigenvalue weighted by atomic mass is 10.1. The maximum Gasteiger partial charge on any atom is 0.307 e. The molecule has 0 atom stereocenters. The van der Waals surface area contributed by atoms with Gasteiger partial charge in [0.1, 0.15) is 5.01 Å². The quantitative estimate of drug-likeness (QED) is 0.793. The summed E-state index contributed by atoms with van der Waals surface area (Å²) in [6.07, 6.45) is 0.0491. The van der Waals surface area contributed by atoms with Crippen LogP contribution >= 0.6 is 11.3 Å². The molecule has 100 valence electrons. The molecule has 0 radical (unpaired) electrons. The van der Waals surface area contributed by atoms with Crippen LogP contribution in [0, 0.1) is 6.92 Å². The van der Waals surface area contributed by atoms with Crippen LogP contribution < -0.4 is 0 Å². The third-order valence-electron chi connectivity index (χ3n) is 3.18. The number of hydrogen-bond acceptors (Lipinski definition) is 3. The van der Waals surface area contributed by atoms with Gasteiger partial charge in [-0.1, -0.05) is 30.3 Å². The molecule has 0 saturated carbocycles. The number of hydrogen-bond donors (Lipinski definition) is 1. The standard InChI is InChI=1S/C16H13NO2S/c1-10-4-2-3-5-12(10)16-17-13-7-6-11(9-15(18)19)8-14(13)20-16/h2-8H,9H2,1H3,(H,18,19). The fourth-order valence-electron chi connectivity index (χ4n) is 2.18. The van der Waals surface area contributed by atoms with Gasteiger partial charge in [-0.25, -0.2) is 4.98 Å². The molecule has 0 unspecified atom stereocenters. The Labute approximate surface area is 120 Å². The smallest absolute Gasteiger partial charge is 0.307 e. The number of carboxylic acids is 1. The molecule has 3 aromatic rings. The number of nitrogens with zero attached hydrogens (tertiary/aromatic N) is 1. The normalized spacial score (nSPS) is 10.8. The van der Waals surface area contributed by atoms with Crippen molar-refractivity contribution in [3.05, 3.63) is 53.6 Å². The topological polar surface area (TPSA) is 50.2 Å². The van der Waals surface area contributed by atoms with Crippen LogP contribution in [0.4, 0.5) is 0 Å². The fraction of sp³-hybridized carbons (Fsp3) is 0.125. The average Bonchev–Trinajstić information content (AvgIpc) is 2.81. The number of carbonyl (C=O) groups is 1. The Bertz CT molecular complexity index is 792. The van der Waals surface area contributed by atoms with Gasteiger partial charge < -0.3 is 5.11 Å². The van der Waals surface area contributed by atoms with Gasteiger partial charge >= 0.3 is 5.97 Å². The molecule has 2 aromatic carbocycles. The Kier molecular flexibility index (Phi) is 3.24. The molecular weight excluding hydrogens is 270 g/mol. The highest BCUT2D eigenvalue weighted by Crippen LogP contribution is 2.32. The largest absolute Gasteiger partial charge is 0.481 e. The molecule has 0 spiro atoms. The lowest BCUT2D eigenvalue weighted by Gasteiger charge is -1.99. The second-order valence-corrected chi connectivity index (χ2v) is 5.74. The molecule has 0 saturated heterocycles. The number of aliphatic carboxylic acids is 1. The van der Waals surface area contributed by atoms with Gasteiger partial charge in [0.05, 0.1) is 16.6 Å². The van der Waals surface area contributed by atoms with Crippen LogP contribution in [-0.2, 0) is 11.2 Å². The van der Waals surface area contributed by atoms with Crippen LogP contribution in [0.15, 0.2) is 42.5 Å². The van der Waals surface area contributed by atoms with E-state index in [2.05, 4.69) is 24.0 Å². The maximum atomic E-state index is 10.8. The summed E-state index contributed by atoms with van der Waals surface area (Å²) in [5.41, 5.74) is 4.05. The van der Waals surface area contributed by atoms with Crippen molar-refractivity contribution in [2.75, 3.05) is 0 Å². The van der Waals surface area contributed by atoms with Gasteiger partial charge in [0.25, 0.3) is 0 Å². The van der Waals surface area contributed by atoms with E-state index < -0.39 is 5.97 Å². The van der Waals surface area contributed by atoms with Crippen LogP contribution in [0.3, 0.4) is 0 Å². The zero-order valence-corrected chi connectivity index (χ0v) is 11.8. The fourth-order valence-corrected chi connectivity index (χ4v) is 3.30. The van der Waals surface area contributed by atoms with E-state index in [-0.39, 0.29) is 6.42 Å². The van der Waals surface area contributed by atoms with Gasteiger partial charge in [-0.2, -0.15) is 0 Å². The zero-order valence-electron chi connectivity index (χ0n) is 11.0. The van der Waals surface area contributed by atoms with Crippen LogP contribution in [0.2, 0.25) is 0 Å². The molecule has 20 heavy (non-hydrogen) atoms. The zero-order chi connectivity index (χ0) is 14.1. The highest BCUT2D eigenvalue weighted by Gasteiger charge is 2.09. The number of rotatable bonds is 3. The number of fused-ring (bicyclic) bond motifs is 1. The molecule has 0 fully saturated rings. The summed E-state index contributed by atoms with van der Waals surface area (Å²) in [5.74, 6) is -0.812. The molecule has 0 aliphatic carbocycles. The molecule has 0 bridgehead atoms. The number of aryl methyl sites for hydroxylation is 1. The molecule has 3 rings (SSSR count). The minimum Gasteiger partial charge on any atom is -0.481 e. The maximum absolute atomic E-state index is 10.8.